The minimum Gasteiger partial charge on any atom is -0.461 e. The molecule has 1 fully saturated rings. The maximum absolute atomic E-state index is 11.9. The van der Waals surface area contributed by atoms with Crippen molar-refractivity contribution in [2.24, 2.45) is 0 Å². The third kappa shape index (κ3) is 3.81. The number of aryl methyl sites for hydroxylation is 1. The third-order valence-corrected chi connectivity index (χ3v) is 5.16. The standard InChI is InChI=1S/C18H24N4O2S/c1-5-24-18(23)13-10-25-17(20-13)14-7-6-8-22(14)15-9-12(4)19-16(21-15)11(2)3/h9-11,14H,5-8H2,1-4H3. The Morgan fingerprint density at radius 3 is 2.92 bits per heavy atom. The molecule has 0 aliphatic carbocycles. The lowest BCUT2D eigenvalue weighted by molar-refractivity contribution is 0.0520. The normalized spacial score (nSPS) is 17.3. The molecule has 0 saturated carbocycles. The van der Waals surface area contributed by atoms with Gasteiger partial charge in [0, 0.05) is 29.6 Å². The van der Waals surface area contributed by atoms with Crippen LogP contribution in [0.5, 0.6) is 0 Å². The summed E-state index contributed by atoms with van der Waals surface area (Å²) in [7, 11) is 0. The van der Waals surface area contributed by atoms with Crippen molar-refractivity contribution in [3.05, 3.63) is 33.7 Å². The van der Waals surface area contributed by atoms with Gasteiger partial charge in [-0.3, -0.25) is 0 Å². The molecule has 6 nitrogen and oxygen atoms in total. The molecule has 1 aliphatic heterocycles. The average molecular weight is 360 g/mol. The van der Waals surface area contributed by atoms with Crippen molar-refractivity contribution in [3.8, 4) is 0 Å². The Balaban J connectivity index is 1.87. The maximum Gasteiger partial charge on any atom is 0.357 e. The largest absolute Gasteiger partial charge is 0.461 e. The number of aromatic nitrogens is 3. The van der Waals surface area contributed by atoms with Gasteiger partial charge < -0.3 is 9.64 Å². The van der Waals surface area contributed by atoms with E-state index in [4.69, 9.17) is 9.72 Å². The van der Waals surface area contributed by atoms with E-state index in [1.807, 2.05) is 13.0 Å². The number of thiazole rings is 1. The summed E-state index contributed by atoms with van der Waals surface area (Å²) in [5.41, 5.74) is 1.38. The second-order valence-electron chi connectivity index (χ2n) is 6.52. The maximum atomic E-state index is 11.9. The van der Waals surface area contributed by atoms with Crippen molar-refractivity contribution in [1.82, 2.24) is 15.0 Å². The van der Waals surface area contributed by atoms with Crippen LogP contribution in [0.4, 0.5) is 5.82 Å². The Labute approximate surface area is 152 Å². The molecule has 0 bridgehead atoms. The van der Waals surface area contributed by atoms with Crippen molar-refractivity contribution >= 4 is 23.1 Å². The summed E-state index contributed by atoms with van der Waals surface area (Å²) >= 11 is 1.52. The minimum atomic E-state index is -0.352. The predicted octanol–water partition coefficient (Wildman–Crippen LogP) is 3.88. The molecule has 1 atom stereocenters. The Kier molecular flexibility index (Phi) is 5.32. The third-order valence-electron chi connectivity index (χ3n) is 4.21. The number of ether oxygens (including phenoxy) is 1. The van der Waals surface area contributed by atoms with Crippen LogP contribution < -0.4 is 4.90 Å². The van der Waals surface area contributed by atoms with Crippen LogP contribution in [0, 0.1) is 6.92 Å². The monoisotopic (exact) mass is 360 g/mol. The van der Waals surface area contributed by atoms with Gasteiger partial charge in [0.2, 0.25) is 0 Å². The van der Waals surface area contributed by atoms with Crippen LogP contribution in [0.2, 0.25) is 0 Å². The highest BCUT2D eigenvalue weighted by Gasteiger charge is 2.30. The number of rotatable bonds is 5. The molecule has 3 heterocycles. The van der Waals surface area contributed by atoms with Gasteiger partial charge in [0.1, 0.15) is 16.6 Å². The zero-order valence-electron chi connectivity index (χ0n) is 15.2. The summed E-state index contributed by atoms with van der Waals surface area (Å²) in [5, 5.41) is 2.73. The summed E-state index contributed by atoms with van der Waals surface area (Å²) in [6, 6.07) is 2.19. The molecule has 7 heteroatoms. The van der Waals surface area contributed by atoms with Crippen molar-refractivity contribution in [1.29, 1.82) is 0 Å². The highest BCUT2D eigenvalue weighted by Crippen LogP contribution is 2.37. The van der Waals surface area contributed by atoms with Crippen molar-refractivity contribution in [2.75, 3.05) is 18.1 Å². The molecule has 25 heavy (non-hydrogen) atoms. The van der Waals surface area contributed by atoms with Crippen LogP contribution in [0.15, 0.2) is 11.4 Å². The van der Waals surface area contributed by atoms with E-state index >= 15 is 0 Å². The van der Waals surface area contributed by atoms with Crippen LogP contribution >= 0.6 is 11.3 Å². The van der Waals surface area contributed by atoms with E-state index in [-0.39, 0.29) is 17.9 Å². The minimum absolute atomic E-state index is 0.155. The van der Waals surface area contributed by atoms with Gasteiger partial charge in [0.05, 0.1) is 12.6 Å². The summed E-state index contributed by atoms with van der Waals surface area (Å²) in [6.07, 6.45) is 2.09. The zero-order valence-corrected chi connectivity index (χ0v) is 16.0. The first kappa shape index (κ1) is 17.8. The molecule has 0 N–H and O–H groups in total. The molecule has 1 aliphatic rings. The number of esters is 1. The van der Waals surface area contributed by atoms with Crippen LogP contribution in [-0.4, -0.2) is 34.1 Å². The van der Waals surface area contributed by atoms with Gasteiger partial charge in [-0.05, 0) is 26.7 Å². The van der Waals surface area contributed by atoms with Crippen molar-refractivity contribution in [3.63, 3.8) is 0 Å². The second kappa shape index (κ2) is 7.47. The van der Waals surface area contributed by atoms with Gasteiger partial charge in [-0.1, -0.05) is 13.8 Å². The fourth-order valence-corrected chi connectivity index (χ4v) is 3.95. The molecule has 0 amide bonds. The van der Waals surface area contributed by atoms with Gasteiger partial charge in [-0.25, -0.2) is 19.7 Å². The zero-order chi connectivity index (χ0) is 18.0. The number of hydrogen-bond acceptors (Lipinski definition) is 7. The first-order chi connectivity index (χ1) is 12.0. The van der Waals surface area contributed by atoms with E-state index in [1.165, 1.54) is 11.3 Å². The highest BCUT2D eigenvalue weighted by molar-refractivity contribution is 7.10. The molecular formula is C18H24N4O2S. The highest BCUT2D eigenvalue weighted by atomic mass is 32.1. The first-order valence-corrected chi connectivity index (χ1v) is 9.62. The quantitative estimate of drug-likeness (QED) is 0.754. The van der Waals surface area contributed by atoms with Crippen molar-refractivity contribution in [2.45, 2.75) is 52.5 Å². The SMILES string of the molecule is CCOC(=O)c1csc(C2CCCN2c2cc(C)nc(C(C)C)n2)n1. The van der Waals surface area contributed by atoms with Crippen LogP contribution in [-0.2, 0) is 4.74 Å². The smallest absolute Gasteiger partial charge is 0.357 e. The first-order valence-electron chi connectivity index (χ1n) is 8.74. The molecule has 2 aromatic heterocycles. The number of hydrogen-bond donors (Lipinski definition) is 0. The van der Waals surface area contributed by atoms with Gasteiger partial charge in [-0.2, -0.15) is 0 Å². The number of anilines is 1. The van der Waals surface area contributed by atoms with Crippen molar-refractivity contribution < 1.29 is 9.53 Å². The molecule has 1 unspecified atom stereocenters. The number of carbonyl (C=O) groups is 1. The topological polar surface area (TPSA) is 68.2 Å². The summed E-state index contributed by atoms with van der Waals surface area (Å²) < 4.78 is 5.04. The Morgan fingerprint density at radius 1 is 1.40 bits per heavy atom. The summed E-state index contributed by atoms with van der Waals surface area (Å²) in [4.78, 5) is 28.0. The number of carbonyl (C=O) groups excluding carboxylic acids is 1. The Morgan fingerprint density at radius 2 is 2.20 bits per heavy atom. The molecule has 0 spiro atoms. The van der Waals surface area contributed by atoms with Gasteiger partial charge in [-0.15, -0.1) is 11.3 Å². The van der Waals surface area contributed by atoms with Crippen LogP contribution in [0.25, 0.3) is 0 Å². The van der Waals surface area contributed by atoms with E-state index < -0.39 is 0 Å². The molecular weight excluding hydrogens is 336 g/mol. The van der Waals surface area contributed by atoms with E-state index in [1.54, 1.807) is 12.3 Å². The van der Waals surface area contributed by atoms with Gasteiger partial charge in [0.25, 0.3) is 0 Å². The number of nitrogens with zero attached hydrogens (tertiary/aromatic N) is 4. The lowest BCUT2D eigenvalue weighted by Gasteiger charge is -2.25. The molecule has 1 saturated heterocycles. The van der Waals surface area contributed by atoms with Gasteiger partial charge >= 0.3 is 5.97 Å². The van der Waals surface area contributed by atoms with Crippen LogP contribution in [0.3, 0.4) is 0 Å². The Bertz CT molecular complexity index is 759. The predicted molar refractivity (Wildman–Crippen MR) is 98.2 cm³/mol. The molecule has 134 valence electrons. The lowest BCUT2D eigenvalue weighted by atomic mass is 10.2. The Hall–Kier alpha value is -2.02. The van der Waals surface area contributed by atoms with Crippen LogP contribution in [0.1, 0.15) is 72.6 Å². The molecule has 0 aromatic carbocycles. The van der Waals surface area contributed by atoms with E-state index in [0.29, 0.717) is 12.3 Å². The molecule has 3 rings (SSSR count). The van der Waals surface area contributed by atoms with E-state index in [0.717, 1.165) is 41.7 Å². The van der Waals surface area contributed by atoms with E-state index in [9.17, 15) is 4.79 Å². The summed E-state index contributed by atoms with van der Waals surface area (Å²) in [5.74, 6) is 1.75. The van der Waals surface area contributed by atoms with E-state index in [2.05, 4.69) is 28.7 Å². The van der Waals surface area contributed by atoms with Gasteiger partial charge in [0.15, 0.2) is 5.69 Å². The average Bonchev–Trinajstić information content (AvgIpc) is 3.23. The summed E-state index contributed by atoms with van der Waals surface area (Å²) in [6.45, 7) is 9.31. The fourth-order valence-electron chi connectivity index (χ4n) is 3.02. The second-order valence-corrected chi connectivity index (χ2v) is 7.41. The fraction of sp³-hybridized carbons (Fsp3) is 0.556. The molecule has 0 radical (unpaired) electrons. The lowest BCUT2D eigenvalue weighted by Crippen LogP contribution is -2.24. The molecule has 2 aromatic rings.